The Kier molecular flexibility index (Phi) is 1.57. The molecule has 1 aromatic heterocycles. The molecule has 4 nitrogen and oxygen atoms in total. The number of rotatable bonds is 1. The van der Waals surface area contributed by atoms with E-state index >= 15 is 0 Å². The molecule has 0 amide bonds. The molecule has 2 aliphatic rings. The maximum absolute atomic E-state index is 5.53. The molecule has 2 unspecified atom stereocenters. The van der Waals surface area contributed by atoms with Crippen LogP contribution in [0.3, 0.4) is 0 Å². The Bertz CT molecular complexity index is 327. The molecule has 0 aromatic carbocycles. The van der Waals surface area contributed by atoms with Crippen molar-refractivity contribution in [1.82, 2.24) is 9.36 Å². The van der Waals surface area contributed by atoms with Crippen molar-refractivity contribution < 1.29 is 4.74 Å². The Morgan fingerprint density at radius 2 is 2.54 bits per heavy atom. The third-order valence-corrected chi connectivity index (χ3v) is 3.37. The third-order valence-electron chi connectivity index (χ3n) is 2.53. The number of nitrogens with zero attached hydrogens (tertiary/aromatic N) is 3. The van der Waals surface area contributed by atoms with Gasteiger partial charge in [0.15, 0.2) is 0 Å². The lowest BCUT2D eigenvalue weighted by Crippen LogP contribution is -2.36. The highest BCUT2D eigenvalue weighted by Crippen LogP contribution is 2.37. The zero-order valence-electron chi connectivity index (χ0n) is 7.43. The van der Waals surface area contributed by atoms with Gasteiger partial charge in [-0.05, 0) is 13.3 Å². The second-order valence-corrected chi connectivity index (χ2v) is 4.26. The molecule has 2 atom stereocenters. The highest BCUT2D eigenvalue weighted by atomic mass is 32.1. The van der Waals surface area contributed by atoms with Crippen molar-refractivity contribution in [3.63, 3.8) is 0 Å². The number of hydrogen-bond acceptors (Lipinski definition) is 5. The van der Waals surface area contributed by atoms with Crippen LogP contribution in [-0.4, -0.2) is 34.7 Å². The van der Waals surface area contributed by atoms with Gasteiger partial charge >= 0.3 is 0 Å². The maximum atomic E-state index is 5.53. The fraction of sp³-hybridized carbons (Fsp3) is 0.750. The van der Waals surface area contributed by atoms with Crippen molar-refractivity contribution in [2.45, 2.75) is 25.5 Å². The molecule has 1 saturated heterocycles. The topological polar surface area (TPSA) is 38.2 Å². The highest BCUT2D eigenvalue weighted by Gasteiger charge is 2.46. The molecule has 3 rings (SSSR count). The number of hydrogen-bond donors (Lipinski definition) is 0. The average molecular weight is 197 g/mol. The summed E-state index contributed by atoms with van der Waals surface area (Å²) in [6.45, 7) is 3.74. The second kappa shape index (κ2) is 2.65. The first-order valence-electron chi connectivity index (χ1n) is 4.53. The minimum atomic E-state index is 0.470. The highest BCUT2D eigenvalue weighted by molar-refractivity contribution is 7.09. The van der Waals surface area contributed by atoms with Crippen LogP contribution in [0.15, 0.2) is 0 Å². The summed E-state index contributed by atoms with van der Waals surface area (Å²) in [5.74, 6) is 0.878. The summed E-state index contributed by atoms with van der Waals surface area (Å²) < 4.78 is 9.72. The third kappa shape index (κ3) is 1.23. The zero-order chi connectivity index (χ0) is 8.84. The first-order valence-corrected chi connectivity index (χ1v) is 5.30. The minimum Gasteiger partial charge on any atom is -0.374 e. The maximum Gasteiger partial charge on any atom is 0.205 e. The van der Waals surface area contributed by atoms with Gasteiger partial charge in [-0.2, -0.15) is 4.37 Å². The van der Waals surface area contributed by atoms with Gasteiger partial charge < -0.3 is 9.64 Å². The first-order chi connectivity index (χ1) is 6.34. The monoisotopic (exact) mass is 197 g/mol. The molecule has 0 N–H and O–H groups in total. The Morgan fingerprint density at radius 3 is 3.31 bits per heavy atom. The number of aromatic nitrogens is 2. The molecule has 0 bridgehead atoms. The predicted octanol–water partition coefficient (Wildman–Crippen LogP) is 0.824. The second-order valence-electron chi connectivity index (χ2n) is 3.53. The first kappa shape index (κ1) is 7.70. The Labute approximate surface area is 80.7 Å². The standard InChI is InChI=1S/C8H11N3OS/c1-5-9-8(13-10-5)11-2-3-12-7-4-6(7)11/h6-7H,2-4H2,1H3. The molecule has 5 heteroatoms. The van der Waals surface area contributed by atoms with Gasteiger partial charge in [0, 0.05) is 18.1 Å². The minimum absolute atomic E-state index is 0.470. The van der Waals surface area contributed by atoms with Crippen molar-refractivity contribution in [2.75, 3.05) is 18.1 Å². The van der Waals surface area contributed by atoms with E-state index in [-0.39, 0.29) is 0 Å². The Hall–Kier alpha value is -0.680. The number of aryl methyl sites for hydroxylation is 1. The lowest BCUT2D eigenvalue weighted by Gasteiger charge is -2.25. The summed E-state index contributed by atoms with van der Waals surface area (Å²) in [6.07, 6.45) is 1.64. The largest absolute Gasteiger partial charge is 0.374 e. The van der Waals surface area contributed by atoms with Crippen LogP contribution in [0.5, 0.6) is 0 Å². The molecule has 13 heavy (non-hydrogen) atoms. The van der Waals surface area contributed by atoms with E-state index in [9.17, 15) is 0 Å². The summed E-state index contributed by atoms with van der Waals surface area (Å²) in [5, 5.41) is 1.06. The van der Waals surface area contributed by atoms with E-state index in [1.807, 2.05) is 6.92 Å². The molecule has 2 fully saturated rings. The quantitative estimate of drug-likeness (QED) is 0.668. The average Bonchev–Trinajstić information content (AvgIpc) is 2.81. The summed E-state index contributed by atoms with van der Waals surface area (Å²) in [5.41, 5.74) is 0. The number of morpholine rings is 1. The molecular weight excluding hydrogens is 186 g/mol. The van der Waals surface area contributed by atoms with Gasteiger partial charge in [0.1, 0.15) is 5.82 Å². The van der Waals surface area contributed by atoms with E-state index in [1.54, 1.807) is 0 Å². The molecule has 1 aliphatic heterocycles. The number of fused-ring (bicyclic) bond motifs is 1. The van der Waals surface area contributed by atoms with Gasteiger partial charge in [-0.15, -0.1) is 0 Å². The number of ether oxygens (including phenoxy) is 1. The van der Waals surface area contributed by atoms with Gasteiger partial charge in [0.2, 0.25) is 5.13 Å². The Balaban J connectivity index is 1.84. The lowest BCUT2D eigenvalue weighted by atomic mass is 10.4. The molecular formula is C8H11N3OS. The van der Waals surface area contributed by atoms with Crippen LogP contribution in [-0.2, 0) is 4.74 Å². The van der Waals surface area contributed by atoms with Crippen molar-refractivity contribution in [1.29, 1.82) is 0 Å². The molecule has 2 heterocycles. The normalized spacial score (nSPS) is 31.6. The van der Waals surface area contributed by atoms with Gasteiger partial charge in [-0.3, -0.25) is 0 Å². The van der Waals surface area contributed by atoms with Gasteiger partial charge in [0.05, 0.1) is 18.8 Å². The van der Waals surface area contributed by atoms with Crippen molar-refractivity contribution in [3.05, 3.63) is 5.82 Å². The van der Waals surface area contributed by atoms with E-state index in [2.05, 4.69) is 14.3 Å². The molecule has 1 aliphatic carbocycles. The van der Waals surface area contributed by atoms with E-state index in [1.165, 1.54) is 18.0 Å². The van der Waals surface area contributed by atoms with E-state index in [4.69, 9.17) is 4.74 Å². The van der Waals surface area contributed by atoms with Crippen LogP contribution in [0.2, 0.25) is 0 Å². The molecule has 0 radical (unpaired) electrons. The van der Waals surface area contributed by atoms with E-state index in [0.29, 0.717) is 12.1 Å². The molecule has 0 spiro atoms. The Morgan fingerprint density at radius 1 is 1.62 bits per heavy atom. The fourth-order valence-corrected chi connectivity index (χ4v) is 2.53. The summed E-state index contributed by atoms with van der Waals surface area (Å²) in [7, 11) is 0. The van der Waals surface area contributed by atoms with Crippen LogP contribution in [0, 0.1) is 6.92 Å². The molecule has 1 aromatic rings. The molecule has 1 saturated carbocycles. The summed E-state index contributed by atoms with van der Waals surface area (Å²) >= 11 is 1.50. The van der Waals surface area contributed by atoms with Crippen LogP contribution >= 0.6 is 11.5 Å². The number of anilines is 1. The predicted molar refractivity (Wildman–Crippen MR) is 50.1 cm³/mol. The van der Waals surface area contributed by atoms with Gasteiger partial charge in [-0.1, -0.05) is 0 Å². The summed E-state index contributed by atoms with van der Waals surface area (Å²) in [4.78, 5) is 6.72. The lowest BCUT2D eigenvalue weighted by molar-refractivity contribution is 0.103. The van der Waals surface area contributed by atoms with E-state index < -0.39 is 0 Å². The SMILES string of the molecule is Cc1nsc(N2CCOC3CC32)n1. The van der Waals surface area contributed by atoms with Crippen LogP contribution in [0.25, 0.3) is 0 Å². The smallest absolute Gasteiger partial charge is 0.205 e. The van der Waals surface area contributed by atoms with Crippen LogP contribution in [0.4, 0.5) is 5.13 Å². The van der Waals surface area contributed by atoms with Crippen molar-refractivity contribution in [2.24, 2.45) is 0 Å². The van der Waals surface area contributed by atoms with Gasteiger partial charge in [-0.25, -0.2) is 4.98 Å². The molecule has 70 valence electrons. The van der Waals surface area contributed by atoms with Gasteiger partial charge in [0.25, 0.3) is 0 Å². The summed E-state index contributed by atoms with van der Waals surface area (Å²) in [6, 6.07) is 0.584. The van der Waals surface area contributed by atoms with Crippen molar-refractivity contribution in [3.8, 4) is 0 Å². The fourth-order valence-electron chi connectivity index (χ4n) is 1.78. The zero-order valence-corrected chi connectivity index (χ0v) is 8.25. The van der Waals surface area contributed by atoms with Crippen molar-refractivity contribution >= 4 is 16.7 Å². The van der Waals surface area contributed by atoms with Crippen LogP contribution < -0.4 is 4.90 Å². The van der Waals surface area contributed by atoms with E-state index in [0.717, 1.165) is 24.1 Å². The van der Waals surface area contributed by atoms with Crippen LogP contribution in [0.1, 0.15) is 12.2 Å².